The molecule has 0 heterocycles. The molecule has 0 amide bonds. The quantitative estimate of drug-likeness (QED) is 0.865. The van der Waals surface area contributed by atoms with Crippen LogP contribution in [0.3, 0.4) is 0 Å². The fourth-order valence-corrected chi connectivity index (χ4v) is 3.27. The second kappa shape index (κ2) is 6.46. The van der Waals surface area contributed by atoms with Crippen molar-refractivity contribution >= 4 is 27.4 Å². The molecule has 0 saturated heterocycles. The third kappa shape index (κ3) is 4.73. The number of halogens is 1. The van der Waals surface area contributed by atoms with Gasteiger partial charge in [-0.15, -0.1) is 0 Å². The van der Waals surface area contributed by atoms with Crippen LogP contribution in [0.2, 0.25) is 5.02 Å². The van der Waals surface area contributed by atoms with E-state index in [1.807, 2.05) is 0 Å². The van der Waals surface area contributed by atoms with Crippen LogP contribution < -0.4 is 0 Å². The third-order valence-electron chi connectivity index (χ3n) is 3.04. The summed E-state index contributed by atoms with van der Waals surface area (Å²) in [6, 6.07) is 5.73. The van der Waals surface area contributed by atoms with Gasteiger partial charge in [0.25, 0.3) is 0 Å². The Morgan fingerprint density at radius 2 is 2.05 bits per heavy atom. The lowest BCUT2D eigenvalue weighted by Gasteiger charge is -2.14. The van der Waals surface area contributed by atoms with E-state index in [1.165, 1.54) is 12.1 Å². The predicted octanol–water partition coefficient (Wildman–Crippen LogP) is 3.14. The molecule has 1 N–H and O–H groups in total. The maximum Gasteiger partial charge on any atom is 0.337 e. The summed E-state index contributed by atoms with van der Waals surface area (Å²) in [7, 11) is -3.60. The molecule has 1 aromatic rings. The van der Waals surface area contributed by atoms with Crippen molar-refractivity contribution in [3.05, 3.63) is 28.8 Å². The Morgan fingerprint density at radius 3 is 2.57 bits per heavy atom. The molecular weight excluding hydrogens is 314 g/mol. The second-order valence-electron chi connectivity index (χ2n) is 5.36. The Morgan fingerprint density at radius 1 is 1.43 bits per heavy atom. The number of aromatic carboxylic acids is 1. The van der Waals surface area contributed by atoms with Crippen LogP contribution in [0.4, 0.5) is 0 Å². The summed E-state index contributed by atoms with van der Waals surface area (Å²) in [4.78, 5) is 10.9. The summed E-state index contributed by atoms with van der Waals surface area (Å²) in [5.41, 5.74) is -0.822. The van der Waals surface area contributed by atoms with E-state index >= 15 is 0 Å². The van der Waals surface area contributed by atoms with Gasteiger partial charge < -0.3 is 5.11 Å². The van der Waals surface area contributed by atoms with Gasteiger partial charge in [-0.05, 0) is 44.9 Å². The molecule has 1 rings (SSSR count). The maximum absolute atomic E-state index is 12.2. The number of carboxylic acid groups (broad SMARTS) is 1. The zero-order valence-electron chi connectivity index (χ0n) is 11.8. The number of hydrogen-bond donors (Lipinski definition) is 1. The van der Waals surface area contributed by atoms with E-state index in [2.05, 4.69) is 6.07 Å². The monoisotopic (exact) mass is 329 g/mol. The molecule has 0 radical (unpaired) electrons. The zero-order chi connectivity index (χ0) is 16.3. The van der Waals surface area contributed by atoms with Gasteiger partial charge in [-0.1, -0.05) is 11.6 Å². The standard InChI is InChI=1S/C14H16ClNO4S/c1-14(2,9-16)6-3-7-21(19,20)10-4-5-12(15)11(8-10)13(17)18/h4-5,8H,3,6-7H2,1-2H3,(H,17,18). The van der Waals surface area contributed by atoms with Crippen molar-refractivity contribution in [3.63, 3.8) is 0 Å². The van der Waals surface area contributed by atoms with Gasteiger partial charge in [0, 0.05) is 0 Å². The Kier molecular flexibility index (Phi) is 5.37. The number of sulfone groups is 1. The highest BCUT2D eigenvalue weighted by Crippen LogP contribution is 2.24. The number of nitriles is 1. The molecule has 0 aliphatic heterocycles. The number of benzene rings is 1. The van der Waals surface area contributed by atoms with Gasteiger partial charge in [0.05, 0.1) is 32.7 Å². The lowest BCUT2D eigenvalue weighted by atomic mass is 9.90. The Labute approximate surface area is 129 Å². The lowest BCUT2D eigenvalue weighted by molar-refractivity contribution is 0.0697. The summed E-state index contributed by atoms with van der Waals surface area (Å²) in [6.45, 7) is 3.48. The smallest absolute Gasteiger partial charge is 0.337 e. The van der Waals surface area contributed by atoms with E-state index in [0.29, 0.717) is 12.8 Å². The van der Waals surface area contributed by atoms with Crippen LogP contribution in [0.5, 0.6) is 0 Å². The highest BCUT2D eigenvalue weighted by molar-refractivity contribution is 7.91. The molecule has 5 nitrogen and oxygen atoms in total. The lowest BCUT2D eigenvalue weighted by Crippen LogP contribution is -2.13. The SMILES string of the molecule is CC(C)(C#N)CCCS(=O)(=O)c1ccc(Cl)c(C(=O)O)c1. The molecule has 0 aliphatic carbocycles. The van der Waals surface area contributed by atoms with Gasteiger partial charge >= 0.3 is 5.97 Å². The molecule has 0 bridgehead atoms. The van der Waals surface area contributed by atoms with Crippen molar-refractivity contribution in [2.75, 3.05) is 5.75 Å². The minimum absolute atomic E-state index is 0.00735. The summed E-state index contributed by atoms with van der Waals surface area (Å²) in [5, 5.41) is 17.8. The number of rotatable bonds is 6. The average Bonchev–Trinajstić information content (AvgIpc) is 2.38. The minimum atomic E-state index is -3.60. The van der Waals surface area contributed by atoms with Gasteiger partial charge in [-0.25, -0.2) is 13.2 Å². The van der Waals surface area contributed by atoms with E-state index in [4.69, 9.17) is 22.0 Å². The summed E-state index contributed by atoms with van der Waals surface area (Å²) < 4.78 is 24.3. The van der Waals surface area contributed by atoms with Crippen molar-refractivity contribution in [2.24, 2.45) is 5.41 Å². The fraction of sp³-hybridized carbons (Fsp3) is 0.429. The van der Waals surface area contributed by atoms with E-state index in [-0.39, 0.29) is 21.2 Å². The van der Waals surface area contributed by atoms with Gasteiger partial charge in [-0.2, -0.15) is 5.26 Å². The molecule has 0 saturated carbocycles. The molecule has 0 unspecified atom stereocenters. The van der Waals surface area contributed by atoms with E-state index < -0.39 is 21.2 Å². The predicted molar refractivity (Wildman–Crippen MR) is 79.1 cm³/mol. The van der Waals surface area contributed by atoms with Crippen molar-refractivity contribution < 1.29 is 18.3 Å². The van der Waals surface area contributed by atoms with Crippen LogP contribution >= 0.6 is 11.6 Å². The van der Waals surface area contributed by atoms with Crippen LogP contribution in [0, 0.1) is 16.7 Å². The van der Waals surface area contributed by atoms with Crippen LogP contribution in [0.15, 0.2) is 23.1 Å². The van der Waals surface area contributed by atoms with E-state index in [0.717, 1.165) is 6.07 Å². The first-order valence-corrected chi connectivity index (χ1v) is 8.29. The normalized spacial score (nSPS) is 11.9. The van der Waals surface area contributed by atoms with E-state index in [1.54, 1.807) is 13.8 Å². The number of carbonyl (C=O) groups is 1. The van der Waals surface area contributed by atoms with Crippen LogP contribution in [-0.4, -0.2) is 25.2 Å². The van der Waals surface area contributed by atoms with Crippen molar-refractivity contribution in [3.8, 4) is 6.07 Å². The maximum atomic E-state index is 12.2. The molecule has 0 spiro atoms. The Balaban J connectivity index is 2.92. The molecule has 7 heteroatoms. The van der Waals surface area contributed by atoms with Gasteiger partial charge in [-0.3, -0.25) is 0 Å². The largest absolute Gasteiger partial charge is 0.478 e. The Hall–Kier alpha value is -1.58. The first-order chi connectivity index (χ1) is 9.59. The zero-order valence-corrected chi connectivity index (χ0v) is 13.3. The van der Waals surface area contributed by atoms with Crippen LogP contribution in [-0.2, 0) is 9.84 Å². The fourth-order valence-electron chi connectivity index (χ4n) is 1.74. The van der Waals surface area contributed by atoms with Gasteiger partial charge in [0.1, 0.15) is 0 Å². The van der Waals surface area contributed by atoms with Crippen molar-refractivity contribution in [2.45, 2.75) is 31.6 Å². The molecule has 0 atom stereocenters. The highest BCUT2D eigenvalue weighted by Gasteiger charge is 2.21. The van der Waals surface area contributed by atoms with E-state index in [9.17, 15) is 13.2 Å². The number of nitrogens with zero attached hydrogens (tertiary/aromatic N) is 1. The molecule has 114 valence electrons. The second-order valence-corrected chi connectivity index (χ2v) is 7.88. The number of hydrogen-bond acceptors (Lipinski definition) is 4. The first kappa shape index (κ1) is 17.5. The molecular formula is C14H16ClNO4S. The van der Waals surface area contributed by atoms with Crippen molar-refractivity contribution in [1.82, 2.24) is 0 Å². The molecule has 21 heavy (non-hydrogen) atoms. The summed E-state index contributed by atoms with van der Waals surface area (Å²) in [5.74, 6) is -1.42. The summed E-state index contributed by atoms with van der Waals surface area (Å²) >= 11 is 5.71. The molecule has 0 fully saturated rings. The molecule has 0 aliphatic rings. The van der Waals surface area contributed by atoms with Crippen LogP contribution in [0.1, 0.15) is 37.0 Å². The summed E-state index contributed by atoms with van der Waals surface area (Å²) in [6.07, 6.45) is 0.774. The van der Waals surface area contributed by atoms with Gasteiger partial charge in [0.15, 0.2) is 9.84 Å². The molecule has 0 aromatic heterocycles. The third-order valence-corrected chi connectivity index (χ3v) is 5.17. The number of carboxylic acids is 1. The Bertz CT molecular complexity index is 689. The van der Waals surface area contributed by atoms with Gasteiger partial charge in [0.2, 0.25) is 0 Å². The van der Waals surface area contributed by atoms with Crippen molar-refractivity contribution in [1.29, 1.82) is 5.26 Å². The highest BCUT2D eigenvalue weighted by atomic mass is 35.5. The average molecular weight is 330 g/mol. The molecule has 1 aromatic carbocycles. The first-order valence-electron chi connectivity index (χ1n) is 6.26. The minimum Gasteiger partial charge on any atom is -0.478 e. The van der Waals surface area contributed by atoms with Crippen LogP contribution in [0.25, 0.3) is 0 Å². The topological polar surface area (TPSA) is 95.2 Å².